The number of aromatic nitrogens is 1. The lowest BCUT2D eigenvalue weighted by atomic mass is 9.85. The predicted molar refractivity (Wildman–Crippen MR) is 201 cm³/mol. The Bertz CT molecular complexity index is 2080. The fourth-order valence-electron chi connectivity index (χ4n) is 8.45. The SMILES string of the molecule is CC[C@@H]1C[C@H](C)CC/C=C\[C@@H]2C[C@@]2(C(=O)NS(=O)(=O)C2(C)CC2)NC(=O)[C@@H]2C[C@@H](Oc3nc4c(c5cc(OC)c(F)cc35)CCCO4)CN2C(=O)[C@H]1NC(=O)O. The normalized spacial score (nSPS) is 30.6. The summed E-state index contributed by atoms with van der Waals surface area (Å²) in [6.07, 6.45) is 6.01. The number of carbonyl (C=O) groups is 4. The number of hydrogen-bond acceptors (Lipinski definition) is 10. The smallest absolute Gasteiger partial charge is 0.405 e. The number of nitrogens with one attached hydrogen (secondary N) is 3. The Kier molecular flexibility index (Phi) is 10.6. The molecule has 56 heavy (non-hydrogen) atoms. The molecule has 7 rings (SSSR count). The highest BCUT2D eigenvalue weighted by Crippen LogP contribution is 2.48. The van der Waals surface area contributed by atoms with Gasteiger partial charge in [0.25, 0.3) is 5.91 Å². The van der Waals surface area contributed by atoms with E-state index in [-0.39, 0.29) is 36.9 Å². The molecular weight excluding hydrogens is 750 g/mol. The van der Waals surface area contributed by atoms with Crippen LogP contribution in [0.1, 0.15) is 84.1 Å². The molecule has 4 N–H and O–H groups in total. The van der Waals surface area contributed by atoms with Crippen molar-refractivity contribution in [3.63, 3.8) is 0 Å². The quantitative estimate of drug-likeness (QED) is 0.282. The fraction of sp³-hybridized carbons (Fsp3) is 0.615. The molecule has 17 heteroatoms. The van der Waals surface area contributed by atoms with Gasteiger partial charge in [0.2, 0.25) is 33.6 Å². The average molecular weight is 800 g/mol. The number of carboxylic acid groups (broad SMARTS) is 1. The van der Waals surface area contributed by atoms with Crippen LogP contribution in [0.4, 0.5) is 9.18 Å². The molecule has 4 amide bonds. The van der Waals surface area contributed by atoms with E-state index in [1.807, 2.05) is 26.0 Å². The van der Waals surface area contributed by atoms with Crippen molar-refractivity contribution >= 4 is 44.6 Å². The second-order valence-electron chi connectivity index (χ2n) is 16.3. The number of allylic oxidation sites excluding steroid dienone is 1. The van der Waals surface area contributed by atoms with Gasteiger partial charge in [-0.05, 0) is 87.6 Å². The zero-order valence-electron chi connectivity index (χ0n) is 32.1. The van der Waals surface area contributed by atoms with Gasteiger partial charge < -0.3 is 34.9 Å². The molecule has 3 fully saturated rings. The number of carbonyl (C=O) groups excluding carboxylic acids is 3. The highest BCUT2D eigenvalue weighted by molar-refractivity contribution is 7.91. The van der Waals surface area contributed by atoms with Crippen molar-refractivity contribution in [1.29, 1.82) is 0 Å². The molecular formula is C39H50FN5O10S. The first-order chi connectivity index (χ1) is 26.6. The maximum atomic E-state index is 15.2. The Morgan fingerprint density at radius 1 is 1.20 bits per heavy atom. The molecule has 0 radical (unpaired) electrons. The number of fused-ring (bicyclic) bond motifs is 5. The molecule has 0 unspecified atom stereocenters. The lowest BCUT2D eigenvalue weighted by Gasteiger charge is -2.33. The molecule has 7 atom stereocenters. The fourth-order valence-corrected chi connectivity index (χ4v) is 9.76. The lowest BCUT2D eigenvalue weighted by Crippen LogP contribution is -2.59. The van der Waals surface area contributed by atoms with Crippen molar-refractivity contribution in [1.82, 2.24) is 25.2 Å². The molecule has 5 aliphatic rings. The Hall–Kier alpha value is -4.67. The summed E-state index contributed by atoms with van der Waals surface area (Å²) in [5.41, 5.74) is -0.831. The third kappa shape index (κ3) is 7.45. The Morgan fingerprint density at radius 3 is 2.66 bits per heavy atom. The van der Waals surface area contributed by atoms with Crippen molar-refractivity contribution in [2.45, 2.75) is 113 Å². The van der Waals surface area contributed by atoms with Crippen LogP contribution >= 0.6 is 0 Å². The number of amides is 4. The summed E-state index contributed by atoms with van der Waals surface area (Å²) >= 11 is 0. The number of sulfonamides is 1. The van der Waals surface area contributed by atoms with Crippen LogP contribution in [0.2, 0.25) is 0 Å². The van der Waals surface area contributed by atoms with Crippen molar-refractivity contribution < 1.29 is 51.3 Å². The molecule has 0 bridgehead atoms. The zero-order valence-corrected chi connectivity index (χ0v) is 32.9. The van der Waals surface area contributed by atoms with Gasteiger partial charge in [-0.3, -0.25) is 19.1 Å². The van der Waals surface area contributed by atoms with Crippen molar-refractivity contribution in [3.05, 3.63) is 35.7 Å². The number of nitrogens with zero attached hydrogens (tertiary/aromatic N) is 2. The predicted octanol–water partition coefficient (Wildman–Crippen LogP) is 3.97. The maximum absolute atomic E-state index is 15.2. The summed E-state index contributed by atoms with van der Waals surface area (Å²) in [6.45, 7) is 5.71. The first-order valence-corrected chi connectivity index (χ1v) is 20.9. The van der Waals surface area contributed by atoms with E-state index in [0.29, 0.717) is 68.2 Å². The van der Waals surface area contributed by atoms with Gasteiger partial charge in [0.1, 0.15) is 23.7 Å². The van der Waals surface area contributed by atoms with Crippen LogP contribution in [-0.2, 0) is 30.8 Å². The van der Waals surface area contributed by atoms with E-state index in [1.54, 1.807) is 13.0 Å². The van der Waals surface area contributed by atoms with Gasteiger partial charge in [-0.1, -0.05) is 32.4 Å². The highest BCUT2D eigenvalue weighted by atomic mass is 32.2. The minimum absolute atomic E-state index is 0.0188. The molecule has 2 aromatic rings. The van der Waals surface area contributed by atoms with Gasteiger partial charge in [0.05, 0.1) is 25.0 Å². The maximum Gasteiger partial charge on any atom is 0.405 e. The topological polar surface area (TPSA) is 203 Å². The molecule has 4 heterocycles. The third-order valence-corrected chi connectivity index (χ3v) is 14.4. The standard InChI is InChI=1S/C39H50FN5O10S/c1-5-22-15-21(2)9-6-7-10-23-19-39(23,36(48)44-56(51,52)38(3)12-13-38)43-32(46)29-16-24(20-45(29)35(47)31(22)41-37(49)50)55-34-27-17-28(40)30(53-4)18-26(27)25-11-8-14-54-33(25)42-34/h7,10,17-18,21-24,29,31,41H,5-6,8-9,11-16,19-20H2,1-4H3,(H,43,46)(H,44,48)(H,49,50)/b10-7-/t21-,22-,23-,24-,29+,31+,39-/m1/s1. The van der Waals surface area contributed by atoms with Crippen molar-refractivity contribution in [2.24, 2.45) is 17.8 Å². The molecule has 0 spiro atoms. The van der Waals surface area contributed by atoms with Gasteiger partial charge in [-0.2, -0.15) is 4.98 Å². The monoisotopic (exact) mass is 799 g/mol. The van der Waals surface area contributed by atoms with Gasteiger partial charge in [-0.25, -0.2) is 17.6 Å². The lowest BCUT2D eigenvalue weighted by molar-refractivity contribution is -0.142. The van der Waals surface area contributed by atoms with Crippen LogP contribution in [0, 0.1) is 23.6 Å². The highest BCUT2D eigenvalue weighted by Gasteiger charge is 2.63. The molecule has 1 saturated heterocycles. The van der Waals surface area contributed by atoms with Gasteiger partial charge in [0, 0.05) is 23.3 Å². The van der Waals surface area contributed by atoms with E-state index in [4.69, 9.17) is 14.2 Å². The van der Waals surface area contributed by atoms with E-state index in [1.165, 1.54) is 18.1 Å². The number of pyridine rings is 1. The van der Waals surface area contributed by atoms with Crippen LogP contribution in [0.5, 0.6) is 17.5 Å². The second-order valence-corrected chi connectivity index (χ2v) is 18.5. The van der Waals surface area contributed by atoms with E-state index in [2.05, 4.69) is 20.3 Å². The third-order valence-electron chi connectivity index (χ3n) is 12.3. The summed E-state index contributed by atoms with van der Waals surface area (Å²) in [5, 5.41) is 16.1. The largest absolute Gasteiger partial charge is 0.494 e. The molecule has 304 valence electrons. The van der Waals surface area contributed by atoms with Crippen LogP contribution in [0.25, 0.3) is 10.8 Å². The van der Waals surface area contributed by atoms with Crippen LogP contribution in [0.15, 0.2) is 24.3 Å². The van der Waals surface area contributed by atoms with E-state index in [0.717, 1.165) is 12.0 Å². The minimum atomic E-state index is -4.04. The Morgan fingerprint density at radius 2 is 1.96 bits per heavy atom. The van der Waals surface area contributed by atoms with Crippen LogP contribution < -0.4 is 29.6 Å². The first kappa shape index (κ1) is 39.6. The minimum Gasteiger partial charge on any atom is -0.494 e. The van der Waals surface area contributed by atoms with Gasteiger partial charge in [-0.15, -0.1) is 0 Å². The molecule has 2 saturated carbocycles. The number of aryl methyl sites for hydroxylation is 1. The van der Waals surface area contributed by atoms with E-state index < -0.39 is 80.0 Å². The Labute approximate surface area is 325 Å². The number of rotatable bonds is 8. The summed E-state index contributed by atoms with van der Waals surface area (Å²) in [6, 6.07) is 0.361. The summed E-state index contributed by atoms with van der Waals surface area (Å²) in [4.78, 5) is 61.1. The molecule has 2 aliphatic carbocycles. The zero-order chi connectivity index (χ0) is 40.2. The van der Waals surface area contributed by atoms with Crippen molar-refractivity contribution in [2.75, 3.05) is 20.3 Å². The second kappa shape index (κ2) is 15.0. The van der Waals surface area contributed by atoms with Crippen molar-refractivity contribution in [3.8, 4) is 17.5 Å². The number of methoxy groups -OCH3 is 1. The number of ether oxygens (including phenoxy) is 3. The summed E-state index contributed by atoms with van der Waals surface area (Å²) in [7, 11) is -2.68. The van der Waals surface area contributed by atoms with E-state index in [9.17, 15) is 32.7 Å². The van der Waals surface area contributed by atoms with Crippen LogP contribution in [0.3, 0.4) is 0 Å². The van der Waals surface area contributed by atoms with Crippen LogP contribution in [-0.4, -0.2) is 96.0 Å². The molecule has 15 nitrogen and oxygen atoms in total. The Balaban J connectivity index is 1.26. The number of benzene rings is 1. The summed E-state index contributed by atoms with van der Waals surface area (Å²) in [5.74, 6) is -3.32. The molecule has 3 aliphatic heterocycles. The van der Waals surface area contributed by atoms with Gasteiger partial charge >= 0.3 is 6.09 Å². The number of halogens is 1. The first-order valence-electron chi connectivity index (χ1n) is 19.4. The van der Waals surface area contributed by atoms with Gasteiger partial charge in [0.15, 0.2) is 11.6 Å². The molecule has 1 aromatic heterocycles. The molecule has 1 aromatic carbocycles. The average Bonchev–Trinajstić information content (AvgIpc) is 4.04. The summed E-state index contributed by atoms with van der Waals surface area (Å²) < 4.78 is 60.3. The van der Waals surface area contributed by atoms with E-state index >= 15 is 4.39 Å². The number of hydrogen-bond donors (Lipinski definition) is 4.